The van der Waals surface area contributed by atoms with Crippen molar-refractivity contribution in [1.29, 1.82) is 0 Å². The minimum atomic E-state index is -0.105. The topological polar surface area (TPSA) is 61.4 Å². The van der Waals surface area contributed by atoms with Crippen LogP contribution in [0, 0.1) is 0 Å². The molecule has 1 heterocycles. The molecule has 5 heteroatoms. The molecule has 5 nitrogen and oxygen atoms in total. The van der Waals surface area contributed by atoms with Crippen molar-refractivity contribution in [2.75, 3.05) is 24.5 Å². The van der Waals surface area contributed by atoms with Crippen LogP contribution in [0.5, 0.6) is 0 Å². The molecule has 130 valence electrons. The van der Waals surface area contributed by atoms with Gasteiger partial charge in [-0.2, -0.15) is 0 Å². The number of anilines is 1. The van der Waals surface area contributed by atoms with Crippen LogP contribution in [0.25, 0.3) is 0 Å². The van der Waals surface area contributed by atoms with Crippen molar-refractivity contribution >= 4 is 17.6 Å². The molecule has 0 aromatic heterocycles. The van der Waals surface area contributed by atoms with Gasteiger partial charge in [-0.1, -0.05) is 36.4 Å². The highest BCUT2D eigenvalue weighted by atomic mass is 16.2. The van der Waals surface area contributed by atoms with E-state index in [2.05, 4.69) is 22.8 Å². The number of hydrogen-bond acceptors (Lipinski definition) is 2. The number of aryl methyl sites for hydroxylation is 1. The largest absolute Gasteiger partial charge is 0.352 e. The van der Waals surface area contributed by atoms with E-state index in [4.69, 9.17) is 0 Å². The van der Waals surface area contributed by atoms with Crippen molar-refractivity contribution in [1.82, 2.24) is 10.6 Å². The molecule has 0 spiro atoms. The molecule has 2 aromatic carbocycles. The number of nitrogens with zero attached hydrogens (tertiary/aromatic N) is 1. The van der Waals surface area contributed by atoms with Crippen molar-refractivity contribution in [2.24, 2.45) is 0 Å². The van der Waals surface area contributed by atoms with Crippen LogP contribution in [0.2, 0.25) is 0 Å². The van der Waals surface area contributed by atoms with E-state index >= 15 is 0 Å². The van der Waals surface area contributed by atoms with Crippen LogP contribution >= 0.6 is 0 Å². The molecule has 2 aromatic rings. The fourth-order valence-corrected chi connectivity index (χ4v) is 2.93. The van der Waals surface area contributed by atoms with Crippen LogP contribution in [0.4, 0.5) is 10.5 Å². The van der Waals surface area contributed by atoms with Crippen molar-refractivity contribution in [3.8, 4) is 0 Å². The highest BCUT2D eigenvalue weighted by Gasteiger charge is 2.19. The standard InChI is InChI=1S/C20H23N3O2/c24-19(21-12-5-9-16-7-2-1-3-8-16)17-10-4-11-18(15-17)23-14-6-13-22-20(23)25/h1-4,7-8,10-11,15H,5-6,9,12-14H2,(H,21,24)(H,22,25). The molecule has 0 atom stereocenters. The SMILES string of the molecule is O=C(NCCCc1ccccc1)c1cccc(N2CCCNC2=O)c1. The zero-order chi connectivity index (χ0) is 17.5. The van der Waals surface area contributed by atoms with Gasteiger partial charge in [0, 0.05) is 30.9 Å². The van der Waals surface area contributed by atoms with E-state index in [0.29, 0.717) is 25.2 Å². The highest BCUT2D eigenvalue weighted by molar-refractivity contribution is 5.97. The predicted molar refractivity (Wildman–Crippen MR) is 98.9 cm³/mol. The summed E-state index contributed by atoms with van der Waals surface area (Å²) in [5.41, 5.74) is 2.61. The van der Waals surface area contributed by atoms with Gasteiger partial charge in [-0.3, -0.25) is 9.69 Å². The fourth-order valence-electron chi connectivity index (χ4n) is 2.93. The number of carbonyl (C=O) groups is 2. The summed E-state index contributed by atoms with van der Waals surface area (Å²) < 4.78 is 0. The van der Waals surface area contributed by atoms with Crippen LogP contribution in [0.15, 0.2) is 54.6 Å². The number of amides is 3. The van der Waals surface area contributed by atoms with Crippen LogP contribution in [0.1, 0.15) is 28.8 Å². The maximum absolute atomic E-state index is 12.3. The Morgan fingerprint density at radius 3 is 2.76 bits per heavy atom. The average molecular weight is 337 g/mol. The minimum absolute atomic E-state index is 0.104. The smallest absolute Gasteiger partial charge is 0.321 e. The first-order valence-corrected chi connectivity index (χ1v) is 8.71. The highest BCUT2D eigenvalue weighted by Crippen LogP contribution is 2.18. The third-order valence-electron chi connectivity index (χ3n) is 4.27. The predicted octanol–water partition coefficient (Wildman–Crippen LogP) is 2.97. The van der Waals surface area contributed by atoms with Gasteiger partial charge in [0.25, 0.3) is 5.91 Å². The second-order valence-corrected chi connectivity index (χ2v) is 6.13. The van der Waals surface area contributed by atoms with Gasteiger partial charge in [-0.25, -0.2) is 4.79 Å². The Balaban J connectivity index is 1.53. The first-order valence-electron chi connectivity index (χ1n) is 8.71. The van der Waals surface area contributed by atoms with E-state index in [9.17, 15) is 9.59 Å². The molecular weight excluding hydrogens is 314 g/mol. The summed E-state index contributed by atoms with van der Waals surface area (Å²) >= 11 is 0. The molecule has 1 aliphatic heterocycles. The minimum Gasteiger partial charge on any atom is -0.352 e. The van der Waals surface area contributed by atoms with Gasteiger partial charge in [-0.15, -0.1) is 0 Å². The molecule has 0 unspecified atom stereocenters. The Labute approximate surface area is 148 Å². The first kappa shape index (κ1) is 17.0. The lowest BCUT2D eigenvalue weighted by molar-refractivity contribution is 0.0953. The molecular formula is C20H23N3O2. The van der Waals surface area contributed by atoms with Crippen LogP contribution in [-0.2, 0) is 6.42 Å². The van der Waals surface area contributed by atoms with E-state index in [1.54, 1.807) is 17.0 Å². The quantitative estimate of drug-likeness (QED) is 0.796. The number of nitrogens with one attached hydrogen (secondary N) is 2. The normalized spacial score (nSPS) is 14.1. The fraction of sp³-hybridized carbons (Fsp3) is 0.300. The van der Waals surface area contributed by atoms with E-state index in [-0.39, 0.29) is 11.9 Å². The molecule has 1 fully saturated rings. The summed E-state index contributed by atoms with van der Waals surface area (Å²) in [6.07, 6.45) is 2.74. The second-order valence-electron chi connectivity index (χ2n) is 6.13. The zero-order valence-electron chi connectivity index (χ0n) is 14.2. The summed E-state index contributed by atoms with van der Waals surface area (Å²) in [7, 11) is 0. The van der Waals surface area contributed by atoms with Gasteiger partial charge in [-0.05, 0) is 43.0 Å². The van der Waals surface area contributed by atoms with E-state index in [0.717, 1.165) is 24.9 Å². The zero-order valence-corrected chi connectivity index (χ0v) is 14.2. The lowest BCUT2D eigenvalue weighted by atomic mass is 10.1. The Morgan fingerprint density at radius 2 is 1.96 bits per heavy atom. The molecule has 0 saturated carbocycles. The van der Waals surface area contributed by atoms with E-state index in [1.165, 1.54) is 5.56 Å². The van der Waals surface area contributed by atoms with Crippen LogP contribution in [0.3, 0.4) is 0 Å². The number of rotatable bonds is 6. The summed E-state index contributed by atoms with van der Waals surface area (Å²) in [5, 5.41) is 5.78. The Bertz CT molecular complexity index is 731. The lowest BCUT2D eigenvalue weighted by Gasteiger charge is -2.27. The van der Waals surface area contributed by atoms with Gasteiger partial charge in [0.2, 0.25) is 0 Å². The first-order chi connectivity index (χ1) is 12.2. The summed E-state index contributed by atoms with van der Waals surface area (Å²) in [6.45, 7) is 2.01. The van der Waals surface area contributed by atoms with Gasteiger partial charge >= 0.3 is 6.03 Å². The monoisotopic (exact) mass is 337 g/mol. The second kappa shape index (κ2) is 8.33. The number of benzene rings is 2. The number of hydrogen-bond donors (Lipinski definition) is 2. The maximum atomic E-state index is 12.3. The summed E-state index contributed by atoms with van der Waals surface area (Å²) in [5.74, 6) is -0.104. The number of urea groups is 1. The molecule has 3 rings (SSSR count). The molecule has 0 radical (unpaired) electrons. The van der Waals surface area contributed by atoms with Gasteiger partial charge < -0.3 is 10.6 Å². The Kier molecular flexibility index (Phi) is 5.67. The molecule has 1 aliphatic rings. The Hall–Kier alpha value is -2.82. The lowest BCUT2D eigenvalue weighted by Crippen LogP contribution is -2.46. The van der Waals surface area contributed by atoms with Gasteiger partial charge in [0.05, 0.1) is 0 Å². The summed E-state index contributed by atoms with van der Waals surface area (Å²) in [4.78, 5) is 26.0. The summed E-state index contributed by atoms with van der Waals surface area (Å²) in [6, 6.07) is 17.4. The molecule has 1 saturated heterocycles. The maximum Gasteiger partial charge on any atom is 0.321 e. The average Bonchev–Trinajstić information content (AvgIpc) is 2.66. The van der Waals surface area contributed by atoms with Crippen LogP contribution < -0.4 is 15.5 Å². The third kappa shape index (κ3) is 4.59. The van der Waals surface area contributed by atoms with E-state index in [1.807, 2.05) is 30.3 Å². The molecule has 0 aliphatic carbocycles. The molecule has 2 N–H and O–H groups in total. The van der Waals surface area contributed by atoms with Crippen molar-refractivity contribution in [3.63, 3.8) is 0 Å². The molecule has 3 amide bonds. The van der Waals surface area contributed by atoms with Crippen molar-refractivity contribution < 1.29 is 9.59 Å². The van der Waals surface area contributed by atoms with E-state index < -0.39 is 0 Å². The Morgan fingerprint density at radius 1 is 1.12 bits per heavy atom. The third-order valence-corrected chi connectivity index (χ3v) is 4.27. The number of carbonyl (C=O) groups excluding carboxylic acids is 2. The van der Waals surface area contributed by atoms with Gasteiger partial charge in [0.15, 0.2) is 0 Å². The van der Waals surface area contributed by atoms with Gasteiger partial charge in [0.1, 0.15) is 0 Å². The molecule has 25 heavy (non-hydrogen) atoms. The van der Waals surface area contributed by atoms with Crippen molar-refractivity contribution in [2.45, 2.75) is 19.3 Å². The van der Waals surface area contributed by atoms with Crippen LogP contribution in [-0.4, -0.2) is 31.6 Å². The molecule has 0 bridgehead atoms. The van der Waals surface area contributed by atoms with Crippen molar-refractivity contribution in [3.05, 3.63) is 65.7 Å².